The van der Waals surface area contributed by atoms with Crippen molar-refractivity contribution in [3.8, 4) is 5.75 Å². The van der Waals surface area contributed by atoms with Gasteiger partial charge in [0.2, 0.25) is 0 Å². The number of aromatic hydroxyl groups is 1. The van der Waals surface area contributed by atoms with E-state index in [0.717, 1.165) is 6.07 Å². The highest BCUT2D eigenvalue weighted by Crippen LogP contribution is 2.29. The topological polar surface area (TPSA) is 46.2 Å². The number of halogens is 2. The number of hydrogen-bond donors (Lipinski definition) is 2. The molecule has 4 heteroatoms. The standard InChI is InChI=1S/C9H11F2NO/c1-5-2-3-6(11)9(13)8(5)7(12)4-10/h2-3,7,13H,4,12H2,1H3/t7-/m1/s1. The van der Waals surface area contributed by atoms with Crippen LogP contribution in [0.1, 0.15) is 17.2 Å². The highest BCUT2D eigenvalue weighted by Gasteiger charge is 2.16. The lowest BCUT2D eigenvalue weighted by Crippen LogP contribution is -2.14. The Hall–Kier alpha value is -1.16. The molecule has 1 aromatic rings. The maximum Gasteiger partial charge on any atom is 0.165 e. The van der Waals surface area contributed by atoms with Crippen LogP contribution < -0.4 is 5.73 Å². The minimum absolute atomic E-state index is 0.141. The van der Waals surface area contributed by atoms with Gasteiger partial charge in [0.1, 0.15) is 6.67 Å². The van der Waals surface area contributed by atoms with E-state index in [4.69, 9.17) is 5.73 Å². The first-order valence-electron chi connectivity index (χ1n) is 3.87. The first-order valence-corrected chi connectivity index (χ1v) is 3.87. The smallest absolute Gasteiger partial charge is 0.165 e. The molecule has 1 atom stereocenters. The number of phenolic OH excluding ortho intramolecular Hbond substituents is 1. The van der Waals surface area contributed by atoms with Crippen LogP contribution >= 0.6 is 0 Å². The van der Waals surface area contributed by atoms with Crippen molar-refractivity contribution in [2.75, 3.05) is 6.67 Å². The van der Waals surface area contributed by atoms with Gasteiger partial charge in [-0.25, -0.2) is 8.78 Å². The van der Waals surface area contributed by atoms with Crippen molar-refractivity contribution in [2.24, 2.45) is 5.73 Å². The Labute approximate surface area is 75.0 Å². The molecule has 0 unspecified atom stereocenters. The third-order valence-corrected chi connectivity index (χ3v) is 1.92. The van der Waals surface area contributed by atoms with E-state index >= 15 is 0 Å². The maximum absolute atomic E-state index is 12.8. The van der Waals surface area contributed by atoms with E-state index in [2.05, 4.69) is 0 Å². The molecule has 2 nitrogen and oxygen atoms in total. The van der Waals surface area contributed by atoms with Crippen LogP contribution in [0.4, 0.5) is 8.78 Å². The number of rotatable bonds is 2. The molecular formula is C9H11F2NO. The van der Waals surface area contributed by atoms with Gasteiger partial charge in [0.15, 0.2) is 11.6 Å². The van der Waals surface area contributed by atoms with Crippen molar-refractivity contribution in [3.05, 3.63) is 29.1 Å². The van der Waals surface area contributed by atoms with Crippen molar-refractivity contribution < 1.29 is 13.9 Å². The van der Waals surface area contributed by atoms with Crippen LogP contribution in [0.25, 0.3) is 0 Å². The Balaban J connectivity index is 3.25. The van der Waals surface area contributed by atoms with Crippen LogP contribution in [0, 0.1) is 12.7 Å². The minimum atomic E-state index is -0.962. The van der Waals surface area contributed by atoms with Gasteiger partial charge < -0.3 is 10.8 Å². The quantitative estimate of drug-likeness (QED) is 0.741. The first kappa shape index (κ1) is 9.92. The van der Waals surface area contributed by atoms with E-state index in [1.165, 1.54) is 6.07 Å². The molecule has 0 aliphatic carbocycles. The zero-order valence-corrected chi connectivity index (χ0v) is 7.22. The molecule has 1 aromatic carbocycles. The van der Waals surface area contributed by atoms with Gasteiger partial charge in [-0.15, -0.1) is 0 Å². The zero-order chi connectivity index (χ0) is 10.0. The molecule has 0 saturated carbocycles. The highest BCUT2D eigenvalue weighted by atomic mass is 19.1. The number of phenols is 1. The Morgan fingerprint density at radius 1 is 1.54 bits per heavy atom. The van der Waals surface area contributed by atoms with Gasteiger partial charge in [0.25, 0.3) is 0 Å². The van der Waals surface area contributed by atoms with Gasteiger partial charge in [-0.2, -0.15) is 0 Å². The largest absolute Gasteiger partial charge is 0.505 e. The number of alkyl halides is 1. The van der Waals surface area contributed by atoms with Crippen molar-refractivity contribution in [2.45, 2.75) is 13.0 Å². The van der Waals surface area contributed by atoms with Gasteiger partial charge >= 0.3 is 0 Å². The van der Waals surface area contributed by atoms with Crippen LogP contribution in [-0.4, -0.2) is 11.8 Å². The molecule has 0 aromatic heterocycles. The summed E-state index contributed by atoms with van der Waals surface area (Å²) in [6.45, 7) is 0.821. The Morgan fingerprint density at radius 2 is 2.15 bits per heavy atom. The molecule has 0 fully saturated rings. The number of nitrogens with two attached hydrogens (primary N) is 1. The number of aryl methyl sites for hydroxylation is 1. The molecule has 0 spiro atoms. The Morgan fingerprint density at radius 3 is 2.69 bits per heavy atom. The van der Waals surface area contributed by atoms with Gasteiger partial charge in [-0.3, -0.25) is 0 Å². The molecule has 0 radical (unpaired) electrons. The lowest BCUT2D eigenvalue weighted by Gasteiger charge is -2.13. The average Bonchev–Trinajstić information content (AvgIpc) is 2.12. The molecule has 1 rings (SSSR count). The van der Waals surface area contributed by atoms with Gasteiger partial charge in [-0.05, 0) is 18.6 Å². The minimum Gasteiger partial charge on any atom is -0.505 e. The number of hydrogen-bond acceptors (Lipinski definition) is 2. The predicted molar refractivity (Wildman–Crippen MR) is 45.7 cm³/mol. The van der Waals surface area contributed by atoms with Gasteiger partial charge in [0.05, 0.1) is 6.04 Å². The summed E-state index contributed by atoms with van der Waals surface area (Å²) in [6, 6.07) is 1.62. The molecule has 0 aliphatic heterocycles. The Kier molecular flexibility index (Phi) is 2.83. The van der Waals surface area contributed by atoms with Crippen LogP contribution in [0.15, 0.2) is 12.1 Å². The van der Waals surface area contributed by atoms with Gasteiger partial charge in [0, 0.05) is 5.56 Å². The fraction of sp³-hybridized carbons (Fsp3) is 0.333. The van der Waals surface area contributed by atoms with E-state index in [1.54, 1.807) is 6.92 Å². The monoisotopic (exact) mass is 187 g/mol. The molecular weight excluding hydrogens is 176 g/mol. The second kappa shape index (κ2) is 3.70. The average molecular weight is 187 g/mol. The van der Waals surface area contributed by atoms with E-state index in [-0.39, 0.29) is 5.56 Å². The summed E-state index contributed by atoms with van der Waals surface area (Å²) in [6.07, 6.45) is 0. The summed E-state index contributed by atoms with van der Waals surface area (Å²) in [5.41, 5.74) is 6.09. The zero-order valence-electron chi connectivity index (χ0n) is 7.22. The lowest BCUT2D eigenvalue weighted by atomic mass is 10.0. The van der Waals surface area contributed by atoms with Crippen molar-refractivity contribution >= 4 is 0 Å². The lowest BCUT2D eigenvalue weighted by molar-refractivity contribution is 0.395. The van der Waals surface area contributed by atoms with Crippen LogP contribution in [0.2, 0.25) is 0 Å². The predicted octanol–water partition coefficient (Wildman–Crippen LogP) is 1.81. The van der Waals surface area contributed by atoms with E-state index in [1.807, 2.05) is 0 Å². The molecule has 3 N–H and O–H groups in total. The van der Waals surface area contributed by atoms with Crippen molar-refractivity contribution in [1.82, 2.24) is 0 Å². The normalized spacial score (nSPS) is 12.9. The second-order valence-electron chi connectivity index (χ2n) is 2.89. The summed E-state index contributed by atoms with van der Waals surface area (Å²) < 4.78 is 25.0. The summed E-state index contributed by atoms with van der Waals surface area (Å²) in [7, 11) is 0. The van der Waals surface area contributed by atoms with E-state index in [0.29, 0.717) is 5.56 Å². The Bertz CT molecular complexity index is 315. The van der Waals surface area contributed by atoms with Crippen molar-refractivity contribution in [3.63, 3.8) is 0 Å². The fourth-order valence-corrected chi connectivity index (χ4v) is 1.23. The van der Waals surface area contributed by atoms with Crippen molar-refractivity contribution in [1.29, 1.82) is 0 Å². The summed E-state index contributed by atoms with van der Waals surface area (Å²) in [5.74, 6) is -1.32. The second-order valence-corrected chi connectivity index (χ2v) is 2.89. The molecule has 13 heavy (non-hydrogen) atoms. The summed E-state index contributed by atoms with van der Waals surface area (Å²) in [5, 5.41) is 9.26. The summed E-state index contributed by atoms with van der Waals surface area (Å²) in [4.78, 5) is 0. The molecule has 0 heterocycles. The van der Waals surface area contributed by atoms with Gasteiger partial charge in [-0.1, -0.05) is 6.07 Å². The molecule has 0 amide bonds. The molecule has 0 bridgehead atoms. The van der Waals surface area contributed by atoms with Crippen LogP contribution in [0.3, 0.4) is 0 Å². The fourth-order valence-electron chi connectivity index (χ4n) is 1.23. The first-order chi connectivity index (χ1) is 6.07. The molecule has 0 saturated heterocycles. The maximum atomic E-state index is 12.8. The SMILES string of the molecule is Cc1ccc(F)c(O)c1[C@H](N)CF. The third-order valence-electron chi connectivity index (χ3n) is 1.92. The van der Waals surface area contributed by atoms with E-state index in [9.17, 15) is 13.9 Å². The number of benzene rings is 1. The third kappa shape index (κ3) is 1.78. The summed E-state index contributed by atoms with van der Waals surface area (Å²) >= 11 is 0. The molecule has 72 valence electrons. The van der Waals surface area contributed by atoms with Crippen LogP contribution in [0.5, 0.6) is 5.75 Å². The van der Waals surface area contributed by atoms with Crippen LogP contribution in [-0.2, 0) is 0 Å². The highest BCUT2D eigenvalue weighted by molar-refractivity contribution is 5.41. The van der Waals surface area contributed by atoms with E-state index < -0.39 is 24.3 Å². The molecule has 0 aliphatic rings.